The lowest BCUT2D eigenvalue weighted by Crippen LogP contribution is -2.32. The molecule has 0 aromatic carbocycles. The van der Waals surface area contributed by atoms with Gasteiger partial charge in [0.25, 0.3) is 0 Å². The van der Waals surface area contributed by atoms with Gasteiger partial charge in [0.1, 0.15) is 0 Å². The van der Waals surface area contributed by atoms with Gasteiger partial charge in [-0.25, -0.2) is 4.98 Å². The summed E-state index contributed by atoms with van der Waals surface area (Å²) < 4.78 is 6.37. The van der Waals surface area contributed by atoms with Crippen molar-refractivity contribution in [1.82, 2.24) is 10.3 Å². The molecule has 1 fully saturated rings. The fraction of sp³-hybridized carbons (Fsp3) is 0.615. The molecular formula is C13H19BrN4O3. The van der Waals surface area contributed by atoms with E-state index < -0.39 is 4.92 Å². The zero-order valence-corrected chi connectivity index (χ0v) is 13.3. The van der Waals surface area contributed by atoms with Crippen LogP contribution >= 0.6 is 15.9 Å². The lowest BCUT2D eigenvalue weighted by molar-refractivity contribution is -0.384. The average Bonchev–Trinajstić information content (AvgIpc) is 2.49. The van der Waals surface area contributed by atoms with Crippen molar-refractivity contribution in [2.24, 2.45) is 0 Å². The molecule has 7 nitrogen and oxygen atoms in total. The summed E-state index contributed by atoms with van der Waals surface area (Å²) >= 11 is 3.18. The van der Waals surface area contributed by atoms with Crippen molar-refractivity contribution in [3.63, 3.8) is 0 Å². The summed E-state index contributed by atoms with van der Waals surface area (Å²) in [5, 5.41) is 17.2. The van der Waals surface area contributed by atoms with E-state index in [1.165, 1.54) is 6.07 Å². The maximum Gasteiger partial charge on any atom is 0.312 e. The van der Waals surface area contributed by atoms with Gasteiger partial charge in [-0.1, -0.05) is 0 Å². The van der Waals surface area contributed by atoms with Crippen LogP contribution in [0.4, 0.5) is 11.5 Å². The SMILES string of the molecule is O=[N+]([O-])c1cc(Br)cnc1NCCCOC1CCNCC1. The third-order valence-electron chi connectivity index (χ3n) is 3.28. The Morgan fingerprint density at radius 3 is 3.00 bits per heavy atom. The number of ether oxygens (including phenoxy) is 1. The van der Waals surface area contributed by atoms with Crippen molar-refractivity contribution < 1.29 is 9.66 Å². The summed E-state index contributed by atoms with van der Waals surface area (Å²) in [5.74, 6) is 0.296. The second-order valence-electron chi connectivity index (χ2n) is 4.88. The number of rotatable bonds is 7. The molecule has 0 bridgehead atoms. The molecule has 0 saturated carbocycles. The molecule has 0 amide bonds. The van der Waals surface area contributed by atoms with E-state index in [-0.39, 0.29) is 5.69 Å². The zero-order chi connectivity index (χ0) is 15.1. The zero-order valence-electron chi connectivity index (χ0n) is 11.7. The number of piperidine rings is 1. The standard InChI is InChI=1S/C13H19BrN4O3/c14-10-8-12(18(19)20)13(17-9-10)16-4-1-7-21-11-2-5-15-6-3-11/h8-9,11,15H,1-7H2,(H,16,17). The van der Waals surface area contributed by atoms with Crippen LogP contribution in [0.3, 0.4) is 0 Å². The normalized spacial score (nSPS) is 15.9. The first-order chi connectivity index (χ1) is 10.2. The number of anilines is 1. The number of hydrogen-bond acceptors (Lipinski definition) is 6. The maximum atomic E-state index is 10.9. The summed E-state index contributed by atoms with van der Waals surface area (Å²) in [7, 11) is 0. The molecule has 1 aromatic heterocycles. The van der Waals surface area contributed by atoms with Crippen molar-refractivity contribution in [1.29, 1.82) is 0 Å². The van der Waals surface area contributed by atoms with Crippen LogP contribution in [0.1, 0.15) is 19.3 Å². The first-order valence-electron chi connectivity index (χ1n) is 7.03. The smallest absolute Gasteiger partial charge is 0.312 e. The highest BCUT2D eigenvalue weighted by Gasteiger charge is 2.16. The van der Waals surface area contributed by atoms with Crippen LogP contribution in [0.15, 0.2) is 16.7 Å². The summed E-state index contributed by atoms with van der Waals surface area (Å²) in [6.07, 6.45) is 4.77. The quantitative estimate of drug-likeness (QED) is 0.441. The molecule has 8 heteroatoms. The number of nitro groups is 1. The molecule has 2 heterocycles. The van der Waals surface area contributed by atoms with Crippen LogP contribution in [0.25, 0.3) is 0 Å². The Morgan fingerprint density at radius 2 is 2.29 bits per heavy atom. The largest absolute Gasteiger partial charge is 0.378 e. The fourth-order valence-electron chi connectivity index (χ4n) is 2.20. The Labute approximate surface area is 131 Å². The van der Waals surface area contributed by atoms with E-state index in [2.05, 4.69) is 31.5 Å². The predicted molar refractivity (Wildman–Crippen MR) is 83.5 cm³/mol. The Hall–Kier alpha value is -1.25. The van der Waals surface area contributed by atoms with Gasteiger partial charge in [0.05, 0.1) is 11.0 Å². The minimum absolute atomic E-state index is 0.0244. The minimum Gasteiger partial charge on any atom is -0.378 e. The molecule has 1 saturated heterocycles. The maximum absolute atomic E-state index is 10.9. The Morgan fingerprint density at radius 1 is 1.52 bits per heavy atom. The van der Waals surface area contributed by atoms with Crippen LogP contribution in [0.2, 0.25) is 0 Å². The van der Waals surface area contributed by atoms with Crippen LogP contribution in [-0.4, -0.2) is 42.3 Å². The number of halogens is 1. The molecule has 0 atom stereocenters. The molecule has 0 unspecified atom stereocenters. The lowest BCUT2D eigenvalue weighted by atomic mass is 10.1. The van der Waals surface area contributed by atoms with E-state index in [0.29, 0.717) is 29.5 Å². The molecule has 1 aliphatic rings. The molecule has 21 heavy (non-hydrogen) atoms. The van der Waals surface area contributed by atoms with Gasteiger partial charge in [0, 0.05) is 29.9 Å². The van der Waals surface area contributed by atoms with E-state index in [0.717, 1.165) is 32.4 Å². The minimum atomic E-state index is -0.439. The van der Waals surface area contributed by atoms with E-state index in [1.807, 2.05) is 0 Å². The predicted octanol–water partition coefficient (Wildman–Crippen LogP) is 2.32. The monoisotopic (exact) mass is 358 g/mol. The molecule has 116 valence electrons. The second kappa shape index (κ2) is 8.26. The Bertz CT molecular complexity index is 480. The number of hydrogen-bond donors (Lipinski definition) is 2. The van der Waals surface area contributed by atoms with Crippen molar-refractivity contribution in [2.45, 2.75) is 25.4 Å². The highest BCUT2D eigenvalue weighted by atomic mass is 79.9. The molecule has 1 aliphatic heterocycles. The van der Waals surface area contributed by atoms with Gasteiger partial charge in [0.2, 0.25) is 5.82 Å². The van der Waals surface area contributed by atoms with E-state index in [9.17, 15) is 10.1 Å². The highest BCUT2D eigenvalue weighted by molar-refractivity contribution is 9.10. The average molecular weight is 359 g/mol. The Kier molecular flexibility index (Phi) is 6.34. The molecule has 1 aromatic rings. The molecule has 0 aliphatic carbocycles. The topological polar surface area (TPSA) is 89.3 Å². The van der Waals surface area contributed by atoms with Gasteiger partial charge >= 0.3 is 5.69 Å². The van der Waals surface area contributed by atoms with Crippen LogP contribution in [0, 0.1) is 10.1 Å². The van der Waals surface area contributed by atoms with Crippen molar-refractivity contribution in [3.05, 3.63) is 26.9 Å². The van der Waals surface area contributed by atoms with Gasteiger partial charge < -0.3 is 15.4 Å². The number of pyridine rings is 1. The Balaban J connectivity index is 1.72. The second-order valence-corrected chi connectivity index (χ2v) is 5.79. The molecule has 0 radical (unpaired) electrons. The first-order valence-corrected chi connectivity index (χ1v) is 7.82. The van der Waals surface area contributed by atoms with Crippen LogP contribution in [0.5, 0.6) is 0 Å². The molecule has 2 N–H and O–H groups in total. The summed E-state index contributed by atoms with van der Waals surface area (Å²) in [4.78, 5) is 14.5. The van der Waals surface area contributed by atoms with Gasteiger partial charge in [-0.3, -0.25) is 10.1 Å². The molecule has 2 rings (SSSR count). The number of nitrogens with zero attached hydrogens (tertiary/aromatic N) is 2. The first kappa shape index (κ1) is 16.1. The van der Waals surface area contributed by atoms with Crippen molar-refractivity contribution >= 4 is 27.4 Å². The van der Waals surface area contributed by atoms with E-state index in [4.69, 9.17) is 4.74 Å². The van der Waals surface area contributed by atoms with Gasteiger partial charge in [-0.15, -0.1) is 0 Å². The van der Waals surface area contributed by atoms with Crippen LogP contribution in [-0.2, 0) is 4.74 Å². The third kappa shape index (κ3) is 5.22. The summed E-state index contributed by atoms with van der Waals surface area (Å²) in [6.45, 7) is 3.28. The van der Waals surface area contributed by atoms with Gasteiger partial charge in [-0.05, 0) is 48.3 Å². The lowest BCUT2D eigenvalue weighted by Gasteiger charge is -2.22. The molecule has 0 spiro atoms. The van der Waals surface area contributed by atoms with Gasteiger partial charge in [-0.2, -0.15) is 0 Å². The summed E-state index contributed by atoms with van der Waals surface area (Å²) in [6, 6.07) is 1.45. The third-order valence-corrected chi connectivity index (χ3v) is 3.72. The van der Waals surface area contributed by atoms with Crippen molar-refractivity contribution in [3.8, 4) is 0 Å². The number of aromatic nitrogens is 1. The van der Waals surface area contributed by atoms with Crippen molar-refractivity contribution in [2.75, 3.05) is 31.6 Å². The molecular weight excluding hydrogens is 340 g/mol. The highest BCUT2D eigenvalue weighted by Crippen LogP contribution is 2.25. The number of nitrogens with one attached hydrogen (secondary N) is 2. The fourth-order valence-corrected chi connectivity index (χ4v) is 2.51. The van der Waals surface area contributed by atoms with Gasteiger partial charge in [0.15, 0.2) is 0 Å². The summed E-state index contributed by atoms with van der Waals surface area (Å²) in [5.41, 5.74) is -0.0244. The van der Waals surface area contributed by atoms with E-state index in [1.54, 1.807) is 6.20 Å². The van der Waals surface area contributed by atoms with Crippen LogP contribution < -0.4 is 10.6 Å². The van der Waals surface area contributed by atoms with E-state index >= 15 is 0 Å².